The largest absolute Gasteiger partial charge is 0.405 e. The van der Waals surface area contributed by atoms with Crippen LogP contribution in [0.15, 0.2) is 0 Å². The van der Waals surface area contributed by atoms with Gasteiger partial charge in [0.25, 0.3) is 0 Å². The molecule has 9 heteroatoms. The molecule has 0 radical (unpaired) electrons. The Balaban J connectivity index is 0.00000242. The van der Waals surface area contributed by atoms with Crippen molar-refractivity contribution in [2.24, 2.45) is 5.92 Å². The molecule has 2 fully saturated rings. The van der Waals surface area contributed by atoms with Crippen LogP contribution in [0.4, 0.5) is 13.2 Å². The van der Waals surface area contributed by atoms with Gasteiger partial charge in [0.1, 0.15) is 6.04 Å². The zero-order valence-electron chi connectivity index (χ0n) is 12.3. The third kappa shape index (κ3) is 5.57. The predicted octanol–water partition coefficient (Wildman–Crippen LogP) is 0.787. The van der Waals surface area contributed by atoms with Crippen molar-refractivity contribution in [1.82, 2.24) is 15.5 Å². The van der Waals surface area contributed by atoms with Gasteiger partial charge in [-0.25, -0.2) is 0 Å². The van der Waals surface area contributed by atoms with Crippen LogP contribution in [-0.4, -0.2) is 69.0 Å². The van der Waals surface area contributed by atoms with E-state index in [1.54, 1.807) is 0 Å². The molecule has 2 unspecified atom stereocenters. The summed E-state index contributed by atoms with van der Waals surface area (Å²) in [5.41, 5.74) is 0. The van der Waals surface area contributed by atoms with Crippen LogP contribution in [0, 0.1) is 5.92 Å². The lowest BCUT2D eigenvalue weighted by atomic mass is 10.0. The van der Waals surface area contributed by atoms with E-state index in [4.69, 9.17) is 4.74 Å². The Morgan fingerprint density at radius 3 is 2.59 bits per heavy atom. The molecule has 22 heavy (non-hydrogen) atoms. The second-order valence-corrected chi connectivity index (χ2v) is 5.50. The highest BCUT2D eigenvalue weighted by atomic mass is 35.5. The first-order valence-corrected chi connectivity index (χ1v) is 7.35. The minimum absolute atomic E-state index is 0. The van der Waals surface area contributed by atoms with E-state index in [-0.39, 0.29) is 24.2 Å². The van der Waals surface area contributed by atoms with Crippen LogP contribution in [-0.2, 0) is 9.53 Å². The molecule has 5 nitrogen and oxygen atoms in total. The number of nitrogens with one attached hydrogen (secondary N) is 2. The van der Waals surface area contributed by atoms with Crippen molar-refractivity contribution in [2.45, 2.75) is 25.1 Å². The van der Waals surface area contributed by atoms with E-state index in [2.05, 4.69) is 10.6 Å². The minimum atomic E-state index is -4.34. The van der Waals surface area contributed by atoms with Crippen LogP contribution < -0.4 is 10.6 Å². The standard InChI is InChI=1S/C13H22F3N3O2.ClH/c14-13(15,16)11(19-5-3-17-4-6-19)8-18-12(20)10-2-1-7-21-9-10;/h10-11,17H,1-9H2,(H,18,20);1H. The smallest absolute Gasteiger partial charge is 0.381 e. The number of piperazine rings is 1. The van der Waals surface area contributed by atoms with Crippen molar-refractivity contribution in [1.29, 1.82) is 0 Å². The predicted molar refractivity (Wildman–Crippen MR) is 78.1 cm³/mol. The third-order valence-corrected chi connectivity index (χ3v) is 3.97. The molecule has 2 rings (SSSR count). The molecule has 2 heterocycles. The van der Waals surface area contributed by atoms with Gasteiger partial charge < -0.3 is 15.4 Å². The fourth-order valence-electron chi connectivity index (χ4n) is 2.73. The van der Waals surface area contributed by atoms with Crippen LogP contribution in [0.2, 0.25) is 0 Å². The number of ether oxygens (including phenoxy) is 1. The van der Waals surface area contributed by atoms with Gasteiger partial charge in [-0.3, -0.25) is 9.69 Å². The lowest BCUT2D eigenvalue weighted by Crippen LogP contribution is -2.58. The Hall–Kier alpha value is -0.570. The van der Waals surface area contributed by atoms with E-state index < -0.39 is 18.8 Å². The minimum Gasteiger partial charge on any atom is -0.381 e. The topological polar surface area (TPSA) is 53.6 Å². The highest BCUT2D eigenvalue weighted by molar-refractivity contribution is 5.85. The van der Waals surface area contributed by atoms with Gasteiger partial charge in [-0.1, -0.05) is 0 Å². The first-order valence-electron chi connectivity index (χ1n) is 7.35. The number of carbonyl (C=O) groups excluding carboxylic acids is 1. The second-order valence-electron chi connectivity index (χ2n) is 5.50. The Morgan fingerprint density at radius 2 is 2.05 bits per heavy atom. The van der Waals surface area contributed by atoms with Crippen LogP contribution in [0.1, 0.15) is 12.8 Å². The lowest BCUT2D eigenvalue weighted by molar-refractivity contribution is -0.184. The summed E-state index contributed by atoms with van der Waals surface area (Å²) in [6, 6.07) is -1.62. The Kier molecular flexibility index (Phi) is 7.88. The summed E-state index contributed by atoms with van der Waals surface area (Å²) in [6.45, 7) is 2.29. The summed E-state index contributed by atoms with van der Waals surface area (Å²) in [5.74, 6) is -0.658. The number of amides is 1. The van der Waals surface area contributed by atoms with Gasteiger partial charge in [-0.2, -0.15) is 13.2 Å². The number of alkyl halides is 3. The van der Waals surface area contributed by atoms with Gasteiger partial charge in [-0.05, 0) is 12.8 Å². The van der Waals surface area contributed by atoms with Crippen LogP contribution >= 0.6 is 12.4 Å². The SMILES string of the molecule is Cl.O=C(NCC(N1CCNCC1)C(F)(F)F)C1CCCOC1. The number of hydrogen-bond acceptors (Lipinski definition) is 4. The zero-order valence-corrected chi connectivity index (χ0v) is 13.1. The van der Waals surface area contributed by atoms with Gasteiger partial charge in [-0.15, -0.1) is 12.4 Å². The van der Waals surface area contributed by atoms with Crippen molar-refractivity contribution >= 4 is 18.3 Å². The highest BCUT2D eigenvalue weighted by Gasteiger charge is 2.44. The molecule has 0 bridgehead atoms. The maximum absolute atomic E-state index is 13.2. The number of nitrogens with zero attached hydrogens (tertiary/aromatic N) is 1. The summed E-state index contributed by atoms with van der Waals surface area (Å²) in [6.07, 6.45) is -2.89. The van der Waals surface area contributed by atoms with E-state index in [9.17, 15) is 18.0 Å². The van der Waals surface area contributed by atoms with E-state index in [0.29, 0.717) is 45.8 Å². The quantitative estimate of drug-likeness (QED) is 0.791. The van der Waals surface area contributed by atoms with Crippen molar-refractivity contribution in [3.8, 4) is 0 Å². The van der Waals surface area contributed by atoms with Crippen molar-refractivity contribution in [2.75, 3.05) is 45.9 Å². The number of hydrogen-bond donors (Lipinski definition) is 2. The van der Waals surface area contributed by atoms with Crippen molar-refractivity contribution < 1.29 is 22.7 Å². The summed E-state index contributed by atoms with van der Waals surface area (Å²) in [5, 5.41) is 5.48. The summed E-state index contributed by atoms with van der Waals surface area (Å²) in [4.78, 5) is 13.3. The van der Waals surface area contributed by atoms with E-state index >= 15 is 0 Å². The molecule has 0 aliphatic carbocycles. The van der Waals surface area contributed by atoms with Gasteiger partial charge >= 0.3 is 6.18 Å². The molecule has 130 valence electrons. The Labute approximate surface area is 134 Å². The molecular weight excluding hydrogens is 323 g/mol. The molecule has 0 aromatic rings. The average molecular weight is 346 g/mol. The fourth-order valence-corrected chi connectivity index (χ4v) is 2.73. The number of carbonyl (C=O) groups is 1. The fraction of sp³-hybridized carbons (Fsp3) is 0.923. The van der Waals surface area contributed by atoms with E-state index in [1.165, 1.54) is 4.90 Å². The zero-order chi connectivity index (χ0) is 15.3. The van der Waals surface area contributed by atoms with Crippen molar-refractivity contribution in [3.05, 3.63) is 0 Å². The monoisotopic (exact) mass is 345 g/mol. The van der Waals surface area contributed by atoms with Crippen LogP contribution in [0.5, 0.6) is 0 Å². The maximum atomic E-state index is 13.2. The number of rotatable bonds is 4. The average Bonchev–Trinajstić information content (AvgIpc) is 2.48. The molecule has 2 aliphatic heterocycles. The molecular formula is C13H23ClF3N3O2. The van der Waals surface area contributed by atoms with Gasteiger partial charge in [0.2, 0.25) is 5.91 Å². The number of halogens is 4. The molecule has 0 saturated carbocycles. The van der Waals surface area contributed by atoms with E-state index in [0.717, 1.165) is 6.42 Å². The Morgan fingerprint density at radius 1 is 1.36 bits per heavy atom. The van der Waals surface area contributed by atoms with Crippen LogP contribution in [0.3, 0.4) is 0 Å². The van der Waals surface area contributed by atoms with E-state index in [1.807, 2.05) is 0 Å². The highest BCUT2D eigenvalue weighted by Crippen LogP contribution is 2.25. The van der Waals surface area contributed by atoms with Crippen molar-refractivity contribution in [3.63, 3.8) is 0 Å². The van der Waals surface area contributed by atoms with Gasteiger partial charge in [0.15, 0.2) is 0 Å². The normalized spacial score (nSPS) is 25.1. The molecule has 2 N–H and O–H groups in total. The molecule has 2 atom stereocenters. The summed E-state index contributed by atoms with van der Waals surface area (Å²) < 4.78 is 44.7. The van der Waals surface area contributed by atoms with Gasteiger partial charge in [0.05, 0.1) is 12.5 Å². The first-order chi connectivity index (χ1) is 9.98. The molecule has 0 aromatic heterocycles. The third-order valence-electron chi connectivity index (χ3n) is 3.97. The Bertz CT molecular complexity index is 346. The summed E-state index contributed by atoms with van der Waals surface area (Å²) in [7, 11) is 0. The molecule has 2 aliphatic rings. The molecule has 0 spiro atoms. The molecule has 1 amide bonds. The van der Waals surface area contributed by atoms with Gasteiger partial charge in [0, 0.05) is 39.3 Å². The summed E-state index contributed by atoms with van der Waals surface area (Å²) >= 11 is 0. The molecule has 2 saturated heterocycles. The lowest BCUT2D eigenvalue weighted by Gasteiger charge is -2.36. The second kappa shape index (κ2) is 8.90. The first kappa shape index (κ1) is 19.5. The van der Waals surface area contributed by atoms with Crippen LogP contribution in [0.25, 0.3) is 0 Å². The molecule has 0 aromatic carbocycles. The maximum Gasteiger partial charge on any atom is 0.405 e.